The third-order valence-electron chi connectivity index (χ3n) is 13.8. The zero-order chi connectivity index (χ0) is 39.3. The van der Waals surface area contributed by atoms with Gasteiger partial charge in [0.2, 0.25) is 0 Å². The second-order valence-corrected chi connectivity index (χ2v) is 17.1. The van der Waals surface area contributed by atoms with E-state index in [-0.39, 0.29) is 5.41 Å². The monoisotopic (exact) mass is 753 g/mol. The summed E-state index contributed by atoms with van der Waals surface area (Å²) < 4.78 is 0. The predicted molar refractivity (Wildman–Crippen MR) is 246 cm³/mol. The van der Waals surface area contributed by atoms with Crippen molar-refractivity contribution < 1.29 is 0 Å². The average Bonchev–Trinajstić information content (AvgIpc) is 3.86. The lowest BCUT2D eigenvalue weighted by Gasteiger charge is -2.34. The Morgan fingerprint density at radius 2 is 0.915 bits per heavy atom. The van der Waals surface area contributed by atoms with E-state index in [4.69, 9.17) is 0 Å². The molecule has 1 nitrogen and oxygen atoms in total. The second kappa shape index (κ2) is 12.8. The third kappa shape index (κ3) is 4.79. The van der Waals surface area contributed by atoms with Crippen molar-refractivity contribution in [2.45, 2.75) is 37.5 Å². The van der Waals surface area contributed by atoms with E-state index in [1.807, 2.05) is 0 Å². The summed E-state index contributed by atoms with van der Waals surface area (Å²) in [5.41, 5.74) is 24.6. The van der Waals surface area contributed by atoms with Crippen LogP contribution in [0.15, 0.2) is 206 Å². The molecule has 4 aliphatic rings. The summed E-state index contributed by atoms with van der Waals surface area (Å²) in [5, 5.41) is 0. The molecule has 59 heavy (non-hydrogen) atoms. The lowest BCUT2D eigenvalue weighted by molar-refractivity contribution is 0.660. The molecule has 280 valence electrons. The number of rotatable bonds is 5. The Labute approximate surface area is 347 Å². The lowest BCUT2D eigenvalue weighted by Crippen LogP contribution is -2.26. The van der Waals surface area contributed by atoms with Crippen LogP contribution in [-0.2, 0) is 10.8 Å². The maximum atomic E-state index is 2.60. The van der Waals surface area contributed by atoms with E-state index in [1.165, 1.54) is 106 Å². The minimum absolute atomic E-state index is 0.111. The van der Waals surface area contributed by atoms with Crippen LogP contribution >= 0.6 is 0 Å². The van der Waals surface area contributed by atoms with Gasteiger partial charge >= 0.3 is 0 Å². The fourth-order valence-electron chi connectivity index (χ4n) is 11.2. The molecule has 1 heteroatoms. The van der Waals surface area contributed by atoms with Crippen LogP contribution in [0, 0.1) is 0 Å². The maximum Gasteiger partial charge on any atom is 0.0726 e. The Kier molecular flexibility index (Phi) is 7.38. The number of anilines is 2. The van der Waals surface area contributed by atoms with Gasteiger partial charge in [-0.3, -0.25) is 0 Å². The average molecular weight is 754 g/mol. The Morgan fingerprint density at radius 3 is 1.58 bits per heavy atom. The molecule has 0 radical (unpaired) electrons. The molecule has 0 unspecified atom stereocenters. The fraction of sp³-hybridized carbons (Fsp3) is 0.103. The van der Waals surface area contributed by atoms with E-state index < -0.39 is 5.41 Å². The van der Waals surface area contributed by atoms with Gasteiger partial charge in [-0.25, -0.2) is 0 Å². The SMILES string of the molecule is CC1(C)c2ccccc2-c2ccc(N(C3=CC=C(c4ccc(-c5ccccc5)cc4)CC3)c3cccc4c3-c3ccccc3C43c4ccccc4-c4ccccc43)cc21. The molecule has 1 spiro atoms. The highest BCUT2D eigenvalue weighted by atomic mass is 15.2. The summed E-state index contributed by atoms with van der Waals surface area (Å²) in [6.07, 6.45) is 6.66. The van der Waals surface area contributed by atoms with Gasteiger partial charge in [-0.1, -0.05) is 190 Å². The largest absolute Gasteiger partial charge is 0.314 e. The van der Waals surface area contributed by atoms with Crippen molar-refractivity contribution in [1.82, 2.24) is 0 Å². The van der Waals surface area contributed by atoms with Crippen molar-refractivity contribution in [1.29, 1.82) is 0 Å². The van der Waals surface area contributed by atoms with Gasteiger partial charge in [0.15, 0.2) is 0 Å². The first-order valence-electron chi connectivity index (χ1n) is 21.1. The summed E-state index contributed by atoms with van der Waals surface area (Å²) in [6.45, 7) is 4.78. The van der Waals surface area contributed by atoms with Crippen LogP contribution in [0.3, 0.4) is 0 Å². The zero-order valence-corrected chi connectivity index (χ0v) is 33.4. The van der Waals surface area contributed by atoms with Crippen LogP contribution in [0.2, 0.25) is 0 Å². The first-order chi connectivity index (χ1) is 29.0. The summed E-state index contributed by atoms with van der Waals surface area (Å²) in [7, 11) is 0. The molecule has 4 aliphatic carbocycles. The molecule has 0 atom stereocenters. The second-order valence-electron chi connectivity index (χ2n) is 17.1. The molecule has 0 amide bonds. The maximum absolute atomic E-state index is 2.60. The number of allylic oxidation sites excluding steroid dienone is 4. The van der Waals surface area contributed by atoms with E-state index in [0.29, 0.717) is 0 Å². The molecule has 0 bridgehead atoms. The van der Waals surface area contributed by atoms with Crippen LogP contribution < -0.4 is 4.90 Å². The topological polar surface area (TPSA) is 3.24 Å². The van der Waals surface area contributed by atoms with Crippen molar-refractivity contribution in [2.24, 2.45) is 0 Å². The first kappa shape index (κ1) is 34.1. The molecule has 0 saturated carbocycles. The van der Waals surface area contributed by atoms with Gasteiger partial charge in [-0.15, -0.1) is 0 Å². The van der Waals surface area contributed by atoms with E-state index in [2.05, 4.69) is 219 Å². The number of nitrogens with zero attached hydrogens (tertiary/aromatic N) is 1. The Hall–Kier alpha value is -6.96. The van der Waals surface area contributed by atoms with Gasteiger partial charge in [0, 0.05) is 22.4 Å². The normalized spacial score (nSPS) is 15.6. The first-order valence-corrected chi connectivity index (χ1v) is 21.1. The molecule has 0 aromatic heterocycles. The molecule has 0 N–H and O–H groups in total. The molecule has 0 fully saturated rings. The van der Waals surface area contributed by atoms with Crippen LogP contribution in [0.25, 0.3) is 50.1 Å². The van der Waals surface area contributed by atoms with E-state index in [0.717, 1.165) is 12.8 Å². The van der Waals surface area contributed by atoms with E-state index in [1.54, 1.807) is 0 Å². The highest BCUT2D eigenvalue weighted by Gasteiger charge is 2.52. The number of hydrogen-bond donors (Lipinski definition) is 0. The molecule has 0 heterocycles. The summed E-state index contributed by atoms with van der Waals surface area (Å²) in [4.78, 5) is 2.60. The molecular weight excluding hydrogens is 711 g/mol. The Balaban J connectivity index is 1.06. The minimum atomic E-state index is -0.401. The van der Waals surface area contributed by atoms with Gasteiger partial charge in [-0.2, -0.15) is 0 Å². The highest BCUT2D eigenvalue weighted by molar-refractivity contribution is 6.00. The highest BCUT2D eigenvalue weighted by Crippen LogP contribution is 2.64. The number of fused-ring (bicyclic) bond motifs is 13. The molecule has 8 aromatic carbocycles. The summed E-state index contributed by atoms with van der Waals surface area (Å²) >= 11 is 0. The smallest absolute Gasteiger partial charge is 0.0726 e. The van der Waals surface area contributed by atoms with Crippen LogP contribution in [0.5, 0.6) is 0 Å². The van der Waals surface area contributed by atoms with Gasteiger partial charge in [0.05, 0.1) is 11.1 Å². The van der Waals surface area contributed by atoms with Crippen molar-refractivity contribution in [3.05, 3.63) is 245 Å². The number of hydrogen-bond acceptors (Lipinski definition) is 1. The molecule has 0 aliphatic heterocycles. The molecule has 12 rings (SSSR count). The number of benzene rings is 8. The van der Waals surface area contributed by atoms with Gasteiger partial charge in [0.1, 0.15) is 0 Å². The van der Waals surface area contributed by atoms with E-state index in [9.17, 15) is 0 Å². The van der Waals surface area contributed by atoms with Crippen LogP contribution in [0.1, 0.15) is 65.6 Å². The standard InChI is InChI=1S/C58H43N/c1-57(2)49-21-10-6-17-44(49)47-36-35-43(37-54(47)57)59(42-33-31-41(32-34-42)40-29-27-39(28-30-40)38-15-4-3-5-16-38)55-26-14-25-53-56(55)48-20-9-13-24-52(48)58(53)50-22-11-7-18-45(50)46-19-8-12-23-51(46)58/h3-31,33,35-37H,32,34H2,1-2H3. The van der Waals surface area contributed by atoms with Crippen LogP contribution in [-0.4, -0.2) is 0 Å². The lowest BCUT2D eigenvalue weighted by atomic mass is 9.70. The van der Waals surface area contributed by atoms with Crippen molar-refractivity contribution >= 4 is 16.9 Å². The zero-order valence-electron chi connectivity index (χ0n) is 33.4. The Morgan fingerprint density at radius 1 is 0.390 bits per heavy atom. The van der Waals surface area contributed by atoms with Gasteiger partial charge in [0.25, 0.3) is 0 Å². The van der Waals surface area contributed by atoms with Crippen LogP contribution in [0.4, 0.5) is 11.4 Å². The molecule has 8 aromatic rings. The quantitative estimate of drug-likeness (QED) is 0.169. The van der Waals surface area contributed by atoms with Crippen molar-refractivity contribution in [2.75, 3.05) is 4.90 Å². The molecule has 0 saturated heterocycles. The predicted octanol–water partition coefficient (Wildman–Crippen LogP) is 14.9. The summed E-state index contributed by atoms with van der Waals surface area (Å²) in [6, 6.07) is 70.5. The van der Waals surface area contributed by atoms with Gasteiger partial charge in [-0.05, 0) is 121 Å². The third-order valence-corrected chi connectivity index (χ3v) is 13.8. The minimum Gasteiger partial charge on any atom is -0.314 e. The Bertz CT molecular complexity index is 3020. The fourth-order valence-corrected chi connectivity index (χ4v) is 11.2. The summed E-state index contributed by atoms with van der Waals surface area (Å²) in [5.74, 6) is 0. The van der Waals surface area contributed by atoms with Gasteiger partial charge < -0.3 is 4.90 Å². The van der Waals surface area contributed by atoms with E-state index >= 15 is 0 Å². The van der Waals surface area contributed by atoms with Crippen molar-refractivity contribution in [3.63, 3.8) is 0 Å². The molecular formula is C58H43N. The van der Waals surface area contributed by atoms with Crippen molar-refractivity contribution in [3.8, 4) is 44.5 Å².